The van der Waals surface area contributed by atoms with Crippen LogP contribution in [0.25, 0.3) is 10.9 Å². The van der Waals surface area contributed by atoms with Crippen molar-refractivity contribution in [2.45, 2.75) is 13.5 Å². The summed E-state index contributed by atoms with van der Waals surface area (Å²) in [6.07, 6.45) is 0. The van der Waals surface area contributed by atoms with Crippen LogP contribution in [-0.2, 0) is 11.3 Å². The van der Waals surface area contributed by atoms with Crippen LogP contribution >= 0.6 is 15.9 Å². The van der Waals surface area contributed by atoms with Gasteiger partial charge in [0.1, 0.15) is 11.6 Å². The molecule has 0 aliphatic carbocycles. The van der Waals surface area contributed by atoms with E-state index in [0.717, 1.165) is 0 Å². The Bertz CT molecular complexity index is 1050. The molecule has 0 fully saturated rings. The third-order valence-electron chi connectivity index (χ3n) is 3.74. The minimum atomic E-state index is -0.490. The monoisotopic (exact) mass is 434 g/mol. The van der Waals surface area contributed by atoms with E-state index >= 15 is 0 Å². The third-order valence-corrected chi connectivity index (χ3v) is 4.36. The normalized spacial score (nSPS) is 10.6. The van der Waals surface area contributed by atoms with Crippen molar-refractivity contribution in [2.75, 3.05) is 12.0 Å². The lowest BCUT2D eigenvalue weighted by atomic mass is 10.2. The Balaban J connectivity index is 1.69. The number of hydrogen-bond donors (Lipinski definition) is 2. The molecule has 9 heteroatoms. The van der Waals surface area contributed by atoms with Gasteiger partial charge in [0, 0.05) is 6.54 Å². The minimum Gasteiger partial charge on any atom is -0.483 e. The summed E-state index contributed by atoms with van der Waals surface area (Å²) in [5.74, 6) is -0.352. The highest BCUT2D eigenvalue weighted by Crippen LogP contribution is 2.25. The smallest absolute Gasteiger partial charge is 0.276 e. The molecule has 3 aromatic rings. The summed E-state index contributed by atoms with van der Waals surface area (Å²) in [5.41, 5.74) is 5.42. The Morgan fingerprint density at radius 3 is 2.81 bits per heavy atom. The summed E-state index contributed by atoms with van der Waals surface area (Å²) >= 11 is 3.16. The number of anilines is 1. The number of fused-ring (bicyclic) bond motifs is 1. The molecular weight excluding hydrogens is 419 g/mol. The predicted molar refractivity (Wildman–Crippen MR) is 103 cm³/mol. The van der Waals surface area contributed by atoms with Gasteiger partial charge in [0.15, 0.2) is 6.61 Å². The van der Waals surface area contributed by atoms with Crippen LogP contribution in [0.5, 0.6) is 5.75 Å². The zero-order valence-electron chi connectivity index (χ0n) is 14.3. The first-order valence-corrected chi connectivity index (χ1v) is 8.91. The molecule has 0 spiro atoms. The number of benzene rings is 2. The summed E-state index contributed by atoms with van der Waals surface area (Å²) in [6, 6.07) is 10.9. The molecule has 0 radical (unpaired) electrons. The van der Waals surface area contributed by atoms with Crippen molar-refractivity contribution in [3.8, 4) is 5.75 Å². The summed E-state index contributed by atoms with van der Waals surface area (Å²) in [7, 11) is 0. The van der Waals surface area contributed by atoms with Gasteiger partial charge in [0.25, 0.3) is 11.5 Å². The predicted octanol–water partition coefficient (Wildman–Crippen LogP) is 2.84. The van der Waals surface area contributed by atoms with Crippen LogP contribution < -0.4 is 21.1 Å². The SMILES string of the molecule is CCn1c(NNC(=O)COc2ccc(F)cc2Br)nc2ccccc2c1=O. The summed E-state index contributed by atoms with van der Waals surface area (Å²) in [6.45, 7) is 1.88. The summed E-state index contributed by atoms with van der Waals surface area (Å²) in [4.78, 5) is 28.9. The fourth-order valence-corrected chi connectivity index (χ4v) is 2.92. The standard InChI is InChI=1S/C18H16BrFN4O3/c1-2-24-17(26)12-5-3-4-6-14(12)21-18(24)23-22-16(25)10-27-15-8-7-11(20)9-13(15)19/h3-9H,2,10H2,1H3,(H,21,23)(H,22,25). The summed E-state index contributed by atoms with van der Waals surface area (Å²) in [5, 5.41) is 0.501. The molecule has 3 rings (SSSR count). The van der Waals surface area contributed by atoms with E-state index in [9.17, 15) is 14.0 Å². The maximum absolute atomic E-state index is 13.1. The minimum absolute atomic E-state index is 0.202. The summed E-state index contributed by atoms with van der Waals surface area (Å²) < 4.78 is 20.2. The highest BCUT2D eigenvalue weighted by molar-refractivity contribution is 9.10. The number of hydrazine groups is 1. The number of hydrogen-bond acceptors (Lipinski definition) is 5. The molecule has 0 atom stereocenters. The molecule has 2 N–H and O–H groups in total. The molecule has 0 aliphatic rings. The number of halogens is 2. The van der Waals surface area contributed by atoms with Gasteiger partial charge >= 0.3 is 0 Å². The third kappa shape index (κ3) is 4.25. The van der Waals surface area contributed by atoms with Crippen molar-refractivity contribution in [3.05, 3.63) is 63.1 Å². The van der Waals surface area contributed by atoms with Gasteiger partial charge in [0.2, 0.25) is 5.95 Å². The number of aromatic nitrogens is 2. The molecule has 27 heavy (non-hydrogen) atoms. The number of rotatable bonds is 6. The fraction of sp³-hybridized carbons (Fsp3) is 0.167. The van der Waals surface area contributed by atoms with Crippen molar-refractivity contribution >= 4 is 38.7 Å². The number of nitrogens with one attached hydrogen (secondary N) is 2. The molecule has 0 unspecified atom stereocenters. The van der Waals surface area contributed by atoms with Crippen LogP contribution in [0.1, 0.15) is 6.92 Å². The van der Waals surface area contributed by atoms with Gasteiger partial charge in [-0.05, 0) is 53.2 Å². The Kier molecular flexibility index (Phi) is 5.70. The zero-order valence-corrected chi connectivity index (χ0v) is 15.9. The van der Waals surface area contributed by atoms with Gasteiger partial charge in [-0.1, -0.05) is 12.1 Å². The fourth-order valence-electron chi connectivity index (χ4n) is 2.45. The zero-order chi connectivity index (χ0) is 19.4. The lowest BCUT2D eigenvalue weighted by molar-refractivity contribution is -0.122. The maximum Gasteiger partial charge on any atom is 0.276 e. The lowest BCUT2D eigenvalue weighted by Gasteiger charge is -2.14. The number of nitrogens with zero attached hydrogens (tertiary/aromatic N) is 2. The largest absolute Gasteiger partial charge is 0.483 e. The second-order valence-electron chi connectivity index (χ2n) is 5.54. The van der Waals surface area contributed by atoms with E-state index in [1.165, 1.54) is 22.8 Å². The quantitative estimate of drug-likeness (QED) is 0.582. The van der Waals surface area contributed by atoms with Crippen molar-refractivity contribution in [1.82, 2.24) is 15.0 Å². The van der Waals surface area contributed by atoms with Crippen molar-refractivity contribution in [2.24, 2.45) is 0 Å². The molecule has 1 heterocycles. The van der Waals surface area contributed by atoms with Crippen LogP contribution in [-0.4, -0.2) is 22.1 Å². The van der Waals surface area contributed by atoms with Crippen molar-refractivity contribution in [1.29, 1.82) is 0 Å². The van der Waals surface area contributed by atoms with Crippen LogP contribution in [0.4, 0.5) is 10.3 Å². The number of amides is 1. The van der Waals surface area contributed by atoms with E-state index in [1.54, 1.807) is 31.2 Å². The molecule has 0 bridgehead atoms. The molecule has 2 aromatic carbocycles. The van der Waals surface area contributed by atoms with Gasteiger partial charge < -0.3 is 4.74 Å². The number of para-hydroxylation sites is 1. The van der Waals surface area contributed by atoms with Crippen molar-refractivity contribution in [3.63, 3.8) is 0 Å². The van der Waals surface area contributed by atoms with Crippen molar-refractivity contribution < 1.29 is 13.9 Å². The van der Waals surface area contributed by atoms with Crippen LogP contribution in [0.3, 0.4) is 0 Å². The molecule has 0 saturated carbocycles. The molecule has 140 valence electrons. The first-order chi connectivity index (χ1) is 13.0. The molecule has 0 saturated heterocycles. The van der Waals surface area contributed by atoms with Crippen LogP contribution in [0, 0.1) is 5.82 Å². The second kappa shape index (κ2) is 8.17. The Hall–Kier alpha value is -2.94. The maximum atomic E-state index is 13.1. The van der Waals surface area contributed by atoms with Crippen LogP contribution in [0.2, 0.25) is 0 Å². The molecule has 1 aromatic heterocycles. The molecule has 1 amide bonds. The van der Waals surface area contributed by atoms with E-state index in [1.807, 2.05) is 0 Å². The highest BCUT2D eigenvalue weighted by Gasteiger charge is 2.11. The van der Waals surface area contributed by atoms with E-state index in [4.69, 9.17) is 4.74 Å². The Morgan fingerprint density at radius 2 is 2.07 bits per heavy atom. The van der Waals surface area contributed by atoms with E-state index in [0.29, 0.717) is 27.7 Å². The highest BCUT2D eigenvalue weighted by atomic mass is 79.9. The first-order valence-electron chi connectivity index (χ1n) is 8.12. The average Bonchev–Trinajstić information content (AvgIpc) is 2.66. The van der Waals surface area contributed by atoms with Gasteiger partial charge in [-0.15, -0.1) is 0 Å². The van der Waals surface area contributed by atoms with E-state index in [2.05, 4.69) is 31.8 Å². The molecule has 0 aliphatic heterocycles. The van der Waals surface area contributed by atoms with E-state index < -0.39 is 11.7 Å². The Labute approximate surface area is 162 Å². The number of ether oxygens (including phenoxy) is 1. The molecule has 7 nitrogen and oxygen atoms in total. The first kappa shape index (κ1) is 18.8. The Morgan fingerprint density at radius 1 is 1.30 bits per heavy atom. The second-order valence-corrected chi connectivity index (χ2v) is 6.39. The van der Waals surface area contributed by atoms with Gasteiger partial charge in [-0.25, -0.2) is 9.37 Å². The van der Waals surface area contributed by atoms with Gasteiger partial charge in [0.05, 0.1) is 15.4 Å². The van der Waals surface area contributed by atoms with Crippen LogP contribution in [0.15, 0.2) is 51.7 Å². The number of carbonyl (C=O) groups excluding carboxylic acids is 1. The topological polar surface area (TPSA) is 85.2 Å². The molecular formula is C18H16BrFN4O3. The van der Waals surface area contributed by atoms with E-state index in [-0.39, 0.29) is 18.1 Å². The lowest BCUT2D eigenvalue weighted by Crippen LogP contribution is -2.37. The van der Waals surface area contributed by atoms with Gasteiger partial charge in [-0.3, -0.25) is 25.0 Å². The van der Waals surface area contributed by atoms with Gasteiger partial charge in [-0.2, -0.15) is 0 Å². The average molecular weight is 435 g/mol. The number of carbonyl (C=O) groups is 1.